The van der Waals surface area contributed by atoms with Gasteiger partial charge in [0.05, 0.1) is 18.0 Å². The molecule has 0 spiro atoms. The maximum atomic E-state index is 11.4. The highest BCUT2D eigenvalue weighted by Crippen LogP contribution is 2.23. The van der Waals surface area contributed by atoms with Crippen LogP contribution in [0.25, 0.3) is 0 Å². The van der Waals surface area contributed by atoms with Crippen LogP contribution in [0.2, 0.25) is 0 Å². The van der Waals surface area contributed by atoms with Gasteiger partial charge in [-0.05, 0) is 49.4 Å². The van der Waals surface area contributed by atoms with Gasteiger partial charge in [-0.3, -0.25) is 9.78 Å². The van der Waals surface area contributed by atoms with Crippen LogP contribution >= 0.6 is 0 Å². The highest BCUT2D eigenvalue weighted by Gasteiger charge is 1.98. The first kappa shape index (κ1) is 20.7. The summed E-state index contributed by atoms with van der Waals surface area (Å²) in [6.07, 6.45) is 7.45. The Labute approximate surface area is 160 Å². The van der Waals surface area contributed by atoms with Crippen molar-refractivity contribution in [2.45, 2.75) is 25.7 Å². The van der Waals surface area contributed by atoms with Crippen molar-refractivity contribution in [1.29, 1.82) is 0 Å². The lowest BCUT2D eigenvalue weighted by Gasteiger charge is -2.01. The van der Waals surface area contributed by atoms with E-state index < -0.39 is 11.2 Å². The minimum absolute atomic E-state index is 0.183. The van der Waals surface area contributed by atoms with Gasteiger partial charge in [0, 0.05) is 6.20 Å². The highest BCUT2D eigenvalue weighted by atomic mass is 16.6. The number of phenolic OH excluding ortho intramolecular Hbond substituents is 2. The molecule has 1 aromatic carbocycles. The molecule has 0 unspecified atom stereocenters. The quantitative estimate of drug-likeness (QED) is 0.197. The number of benzene rings is 1. The minimum atomic E-state index is -0.572. The van der Waals surface area contributed by atoms with Crippen LogP contribution in [-0.4, -0.2) is 45.8 Å². The Hall–Kier alpha value is -3.56. The molecule has 0 aliphatic carbocycles. The average Bonchev–Trinajstić information content (AvgIpc) is 2.67. The summed E-state index contributed by atoms with van der Waals surface area (Å²) in [5.41, 5.74) is -0.268. The number of rotatable bonds is 11. The van der Waals surface area contributed by atoms with E-state index in [0.29, 0.717) is 18.8 Å². The summed E-state index contributed by atoms with van der Waals surface area (Å²) >= 11 is 0. The number of oxime groups is 2. The molecule has 1 aromatic heterocycles. The number of aromatic amines is 2. The van der Waals surface area contributed by atoms with Crippen molar-refractivity contribution in [2.75, 3.05) is 13.2 Å². The van der Waals surface area contributed by atoms with Crippen LogP contribution in [0.1, 0.15) is 36.8 Å². The Balaban J connectivity index is 1.50. The molecule has 2 aromatic rings. The Morgan fingerprint density at radius 3 is 2.25 bits per heavy atom. The van der Waals surface area contributed by atoms with Crippen LogP contribution in [0, 0.1) is 0 Å². The number of nitrogens with zero attached hydrogens (tertiary/aromatic N) is 2. The van der Waals surface area contributed by atoms with Gasteiger partial charge < -0.3 is 24.9 Å². The summed E-state index contributed by atoms with van der Waals surface area (Å²) in [4.78, 5) is 36.9. The maximum Gasteiger partial charge on any atom is 0.325 e. The van der Waals surface area contributed by atoms with Crippen LogP contribution in [0.5, 0.6) is 11.5 Å². The SMILES string of the molecule is O=c1[nH]cc(/C=N/OCCCCCCO/N=C/c2ccc(O)c(O)c2)c(=O)[nH]1. The first-order valence-electron chi connectivity index (χ1n) is 8.71. The lowest BCUT2D eigenvalue weighted by molar-refractivity contribution is 0.132. The third-order valence-corrected chi connectivity index (χ3v) is 3.61. The summed E-state index contributed by atoms with van der Waals surface area (Å²) < 4.78 is 0. The molecule has 28 heavy (non-hydrogen) atoms. The Morgan fingerprint density at radius 2 is 1.61 bits per heavy atom. The van der Waals surface area contributed by atoms with E-state index in [1.807, 2.05) is 0 Å². The van der Waals surface area contributed by atoms with Gasteiger partial charge in [-0.2, -0.15) is 0 Å². The number of unbranched alkanes of at least 4 members (excludes halogenated alkanes) is 3. The molecule has 10 heteroatoms. The largest absolute Gasteiger partial charge is 0.504 e. The molecule has 0 aliphatic rings. The molecule has 2 rings (SSSR count). The lowest BCUT2D eigenvalue weighted by atomic mass is 10.2. The second-order valence-corrected chi connectivity index (χ2v) is 5.83. The van der Waals surface area contributed by atoms with Crippen molar-refractivity contribution in [2.24, 2.45) is 10.3 Å². The maximum absolute atomic E-state index is 11.4. The average molecular weight is 390 g/mol. The minimum Gasteiger partial charge on any atom is -0.504 e. The second-order valence-electron chi connectivity index (χ2n) is 5.83. The first-order valence-corrected chi connectivity index (χ1v) is 8.71. The van der Waals surface area contributed by atoms with Crippen molar-refractivity contribution in [1.82, 2.24) is 9.97 Å². The Morgan fingerprint density at radius 1 is 0.929 bits per heavy atom. The van der Waals surface area contributed by atoms with E-state index in [2.05, 4.69) is 20.3 Å². The molecular weight excluding hydrogens is 368 g/mol. The third kappa shape index (κ3) is 7.36. The van der Waals surface area contributed by atoms with E-state index in [4.69, 9.17) is 9.68 Å². The van der Waals surface area contributed by atoms with Gasteiger partial charge in [-0.1, -0.05) is 10.3 Å². The molecule has 0 amide bonds. The number of hydrogen-bond donors (Lipinski definition) is 4. The number of aromatic hydroxyl groups is 2. The molecule has 10 nitrogen and oxygen atoms in total. The first-order chi connectivity index (χ1) is 13.6. The number of H-pyrrole nitrogens is 2. The van der Waals surface area contributed by atoms with Crippen LogP contribution in [0.15, 0.2) is 44.3 Å². The number of hydrogen-bond acceptors (Lipinski definition) is 8. The molecule has 4 N–H and O–H groups in total. The molecule has 0 fully saturated rings. The van der Waals surface area contributed by atoms with Crippen LogP contribution in [0.3, 0.4) is 0 Å². The zero-order valence-corrected chi connectivity index (χ0v) is 15.1. The van der Waals surface area contributed by atoms with Crippen molar-refractivity contribution < 1.29 is 19.9 Å². The van der Waals surface area contributed by atoms with Gasteiger partial charge in [-0.15, -0.1) is 0 Å². The third-order valence-electron chi connectivity index (χ3n) is 3.61. The number of aromatic nitrogens is 2. The predicted molar refractivity (Wildman–Crippen MR) is 103 cm³/mol. The fraction of sp³-hybridized carbons (Fsp3) is 0.333. The van der Waals surface area contributed by atoms with Gasteiger partial charge in [0.25, 0.3) is 5.56 Å². The monoisotopic (exact) mass is 390 g/mol. The van der Waals surface area contributed by atoms with Crippen molar-refractivity contribution >= 4 is 12.4 Å². The fourth-order valence-corrected chi connectivity index (χ4v) is 2.12. The van der Waals surface area contributed by atoms with Gasteiger partial charge in [0.1, 0.15) is 13.2 Å². The summed E-state index contributed by atoms with van der Waals surface area (Å²) in [6, 6.07) is 4.37. The molecule has 0 saturated heterocycles. The Kier molecular flexibility index (Phi) is 8.31. The van der Waals surface area contributed by atoms with Gasteiger partial charge in [0.15, 0.2) is 11.5 Å². The summed E-state index contributed by atoms with van der Waals surface area (Å²) in [7, 11) is 0. The van der Waals surface area contributed by atoms with E-state index in [0.717, 1.165) is 25.7 Å². The predicted octanol–water partition coefficient (Wildman–Crippen LogP) is 1.44. The topological polar surface area (TPSA) is 149 Å². The van der Waals surface area contributed by atoms with E-state index in [9.17, 15) is 19.8 Å². The van der Waals surface area contributed by atoms with Gasteiger partial charge in [0.2, 0.25) is 0 Å². The fourth-order valence-electron chi connectivity index (χ4n) is 2.12. The summed E-state index contributed by atoms with van der Waals surface area (Å²) in [5.74, 6) is -0.390. The molecule has 0 bridgehead atoms. The molecule has 0 atom stereocenters. The van der Waals surface area contributed by atoms with E-state index in [1.54, 1.807) is 6.07 Å². The normalized spacial score (nSPS) is 11.3. The smallest absolute Gasteiger partial charge is 0.325 e. The molecule has 1 heterocycles. The van der Waals surface area contributed by atoms with Gasteiger partial charge in [-0.25, -0.2) is 4.79 Å². The van der Waals surface area contributed by atoms with Crippen LogP contribution in [0.4, 0.5) is 0 Å². The Bertz CT molecular complexity index is 919. The molecule has 0 radical (unpaired) electrons. The molecular formula is C18H22N4O6. The second kappa shape index (κ2) is 11.2. The van der Waals surface area contributed by atoms with E-state index in [1.165, 1.54) is 30.8 Å². The van der Waals surface area contributed by atoms with E-state index >= 15 is 0 Å². The van der Waals surface area contributed by atoms with Crippen molar-refractivity contribution in [3.63, 3.8) is 0 Å². The van der Waals surface area contributed by atoms with E-state index in [-0.39, 0.29) is 17.1 Å². The standard InChI is InChI=1S/C18H22N4O6/c23-15-6-5-13(9-16(15)24)10-20-27-7-3-1-2-4-8-28-21-12-14-11-19-18(26)22-17(14)25/h5-6,9-12,23-24H,1-4,7-8H2,(H2,19,22,25,26)/b20-10+,21-12+. The molecule has 0 saturated carbocycles. The summed E-state index contributed by atoms with van der Waals surface area (Å²) in [5, 5.41) is 26.1. The van der Waals surface area contributed by atoms with Crippen LogP contribution in [-0.2, 0) is 9.68 Å². The van der Waals surface area contributed by atoms with Gasteiger partial charge >= 0.3 is 5.69 Å². The van der Waals surface area contributed by atoms with Crippen molar-refractivity contribution in [3.8, 4) is 11.5 Å². The zero-order chi connectivity index (χ0) is 20.2. The molecule has 150 valence electrons. The highest BCUT2D eigenvalue weighted by molar-refractivity contribution is 5.80. The van der Waals surface area contributed by atoms with Crippen molar-refractivity contribution in [3.05, 3.63) is 56.4 Å². The van der Waals surface area contributed by atoms with Crippen LogP contribution < -0.4 is 11.2 Å². The number of nitrogens with one attached hydrogen (secondary N) is 2. The number of phenols is 2. The zero-order valence-electron chi connectivity index (χ0n) is 15.1. The molecule has 0 aliphatic heterocycles. The summed E-state index contributed by atoms with van der Waals surface area (Å²) in [6.45, 7) is 0.885. The lowest BCUT2D eigenvalue weighted by Crippen LogP contribution is -2.24.